The van der Waals surface area contributed by atoms with Gasteiger partial charge in [0.05, 0.1) is 10.0 Å². The molecule has 21 heavy (non-hydrogen) atoms. The summed E-state index contributed by atoms with van der Waals surface area (Å²) < 4.78 is 28.0. The fourth-order valence-corrected chi connectivity index (χ4v) is 5.47. The number of sulfonamides is 1. The maximum absolute atomic E-state index is 12.6. The van der Waals surface area contributed by atoms with E-state index >= 15 is 0 Å². The number of anilines is 1. The van der Waals surface area contributed by atoms with E-state index in [1.807, 2.05) is 0 Å². The third kappa shape index (κ3) is 3.65. The van der Waals surface area contributed by atoms with Crippen molar-refractivity contribution in [2.45, 2.75) is 50.5 Å². The summed E-state index contributed by atoms with van der Waals surface area (Å²) in [6, 6.07) is 2.67. The molecule has 3 N–H and O–H groups in total. The van der Waals surface area contributed by atoms with Crippen LogP contribution in [0.25, 0.3) is 0 Å². The Morgan fingerprint density at radius 2 is 1.81 bits per heavy atom. The first-order chi connectivity index (χ1) is 9.63. The van der Waals surface area contributed by atoms with Crippen LogP contribution in [-0.4, -0.2) is 14.5 Å². The van der Waals surface area contributed by atoms with E-state index in [1.165, 1.54) is 12.1 Å². The van der Waals surface area contributed by atoms with Crippen molar-refractivity contribution in [3.63, 3.8) is 0 Å². The molecule has 1 fully saturated rings. The summed E-state index contributed by atoms with van der Waals surface area (Å²) in [4.78, 5) is -0.0959. The minimum absolute atomic E-state index is 0.0427. The lowest BCUT2D eigenvalue weighted by Gasteiger charge is -2.38. The van der Waals surface area contributed by atoms with Crippen molar-refractivity contribution in [3.05, 3.63) is 22.2 Å². The summed E-state index contributed by atoms with van der Waals surface area (Å²) in [5, 5.41) is 0.0854. The largest absolute Gasteiger partial charge is 0.399 e. The maximum atomic E-state index is 12.6. The standard InChI is InChI=1S/C14H20Cl2N2O2S/c1-14(2)6-4-3-5-12(14)18-21(19,20)13-10(15)7-9(17)8-11(13)16/h7-8,12,18H,3-6,17H2,1-2H3. The van der Waals surface area contributed by atoms with Gasteiger partial charge >= 0.3 is 0 Å². The summed E-state index contributed by atoms with van der Waals surface area (Å²) in [5.74, 6) is 0. The molecule has 1 aliphatic carbocycles. The topological polar surface area (TPSA) is 72.2 Å². The van der Waals surface area contributed by atoms with Gasteiger partial charge in [-0.2, -0.15) is 0 Å². The van der Waals surface area contributed by atoms with Gasteiger partial charge in [0.2, 0.25) is 10.0 Å². The highest BCUT2D eigenvalue weighted by Crippen LogP contribution is 2.38. The second kappa shape index (κ2) is 5.95. The predicted molar refractivity (Wildman–Crippen MR) is 87.2 cm³/mol. The van der Waals surface area contributed by atoms with Crippen LogP contribution < -0.4 is 10.5 Å². The molecule has 1 aliphatic rings. The SMILES string of the molecule is CC1(C)CCCCC1NS(=O)(=O)c1c(Cl)cc(N)cc1Cl. The number of halogens is 2. The lowest BCUT2D eigenvalue weighted by molar-refractivity contribution is 0.188. The van der Waals surface area contributed by atoms with E-state index in [0.717, 1.165) is 25.7 Å². The zero-order valence-corrected chi connectivity index (χ0v) is 14.4. The van der Waals surface area contributed by atoms with Crippen LogP contribution in [0.4, 0.5) is 5.69 Å². The quantitative estimate of drug-likeness (QED) is 0.813. The Balaban J connectivity index is 2.35. The van der Waals surface area contributed by atoms with Crippen molar-refractivity contribution in [2.75, 3.05) is 5.73 Å². The molecule has 1 aromatic carbocycles. The highest BCUT2D eigenvalue weighted by molar-refractivity contribution is 7.89. The third-order valence-electron chi connectivity index (χ3n) is 4.09. The lowest BCUT2D eigenvalue weighted by Crippen LogP contribution is -2.46. The number of nitrogens with one attached hydrogen (secondary N) is 1. The molecule has 4 nitrogen and oxygen atoms in total. The Kier molecular flexibility index (Phi) is 4.78. The van der Waals surface area contributed by atoms with Crippen molar-refractivity contribution < 1.29 is 8.42 Å². The first-order valence-electron chi connectivity index (χ1n) is 6.90. The van der Waals surface area contributed by atoms with Crippen LogP contribution in [0, 0.1) is 5.41 Å². The van der Waals surface area contributed by atoms with E-state index in [1.54, 1.807) is 0 Å². The third-order valence-corrected chi connectivity index (χ3v) is 6.49. The van der Waals surface area contributed by atoms with Crippen LogP contribution in [0.3, 0.4) is 0 Å². The summed E-state index contributed by atoms with van der Waals surface area (Å²) in [6.07, 6.45) is 3.94. The van der Waals surface area contributed by atoms with Crippen LogP contribution in [0.2, 0.25) is 10.0 Å². The number of hydrogen-bond donors (Lipinski definition) is 2. The molecule has 118 valence electrons. The molecule has 1 aromatic rings. The Morgan fingerprint density at radius 1 is 1.24 bits per heavy atom. The van der Waals surface area contributed by atoms with Gasteiger partial charge in [0.15, 0.2) is 0 Å². The number of rotatable bonds is 3. The molecule has 0 aliphatic heterocycles. The minimum Gasteiger partial charge on any atom is -0.399 e. The lowest BCUT2D eigenvalue weighted by atomic mass is 9.74. The monoisotopic (exact) mass is 350 g/mol. The first kappa shape index (κ1) is 16.9. The molecular weight excluding hydrogens is 331 g/mol. The van der Waals surface area contributed by atoms with E-state index in [2.05, 4.69) is 18.6 Å². The maximum Gasteiger partial charge on any atom is 0.243 e. The van der Waals surface area contributed by atoms with E-state index < -0.39 is 10.0 Å². The number of hydrogen-bond acceptors (Lipinski definition) is 3. The van der Waals surface area contributed by atoms with Crippen LogP contribution >= 0.6 is 23.2 Å². The summed E-state index contributed by atoms with van der Waals surface area (Å²) >= 11 is 12.0. The average Bonchev–Trinajstić information content (AvgIpc) is 2.29. The van der Waals surface area contributed by atoms with Gasteiger partial charge in [-0.1, -0.05) is 49.9 Å². The molecule has 1 unspecified atom stereocenters. The van der Waals surface area contributed by atoms with Crippen LogP contribution in [0.5, 0.6) is 0 Å². The number of benzene rings is 1. The second-order valence-electron chi connectivity index (χ2n) is 6.22. The second-order valence-corrected chi connectivity index (χ2v) is 8.69. The molecule has 7 heteroatoms. The number of nitrogen functional groups attached to an aromatic ring is 1. The Bertz CT molecular complexity index is 621. The smallest absolute Gasteiger partial charge is 0.243 e. The zero-order valence-electron chi connectivity index (χ0n) is 12.1. The highest BCUT2D eigenvalue weighted by Gasteiger charge is 2.36. The molecule has 1 atom stereocenters. The van der Waals surface area contributed by atoms with Gasteiger partial charge in [-0.25, -0.2) is 13.1 Å². The van der Waals surface area contributed by atoms with Gasteiger partial charge in [0.1, 0.15) is 4.90 Å². The van der Waals surface area contributed by atoms with Crippen LogP contribution in [-0.2, 0) is 10.0 Å². The highest BCUT2D eigenvalue weighted by atomic mass is 35.5. The van der Waals surface area contributed by atoms with Crippen molar-refractivity contribution in [1.82, 2.24) is 4.72 Å². The van der Waals surface area contributed by atoms with Gasteiger partial charge in [0.25, 0.3) is 0 Å². The van der Waals surface area contributed by atoms with Crippen molar-refractivity contribution >= 4 is 38.9 Å². The Hall–Kier alpha value is -0.490. The van der Waals surface area contributed by atoms with Crippen molar-refractivity contribution in [2.24, 2.45) is 5.41 Å². The van der Waals surface area contributed by atoms with Crippen molar-refractivity contribution in [1.29, 1.82) is 0 Å². The van der Waals surface area contributed by atoms with Gasteiger partial charge in [-0.15, -0.1) is 0 Å². The zero-order chi connectivity index (χ0) is 15.8. The molecule has 0 amide bonds. The molecule has 1 saturated carbocycles. The molecule has 0 saturated heterocycles. The summed E-state index contributed by atoms with van der Waals surface area (Å²) in [6.45, 7) is 4.15. The summed E-state index contributed by atoms with van der Waals surface area (Å²) in [5.41, 5.74) is 5.86. The Labute approximate surface area is 136 Å². The summed E-state index contributed by atoms with van der Waals surface area (Å²) in [7, 11) is -3.78. The number of nitrogens with two attached hydrogens (primary N) is 1. The van der Waals surface area contributed by atoms with Gasteiger partial charge < -0.3 is 5.73 Å². The Morgan fingerprint density at radius 3 is 2.33 bits per heavy atom. The molecule has 0 bridgehead atoms. The predicted octanol–water partition coefficient (Wildman–Crippen LogP) is 3.82. The average molecular weight is 351 g/mol. The van der Waals surface area contributed by atoms with Crippen molar-refractivity contribution in [3.8, 4) is 0 Å². The van der Waals surface area contributed by atoms with Crippen LogP contribution in [0.15, 0.2) is 17.0 Å². The minimum atomic E-state index is -3.78. The fraction of sp³-hybridized carbons (Fsp3) is 0.571. The van der Waals surface area contributed by atoms with E-state index in [0.29, 0.717) is 5.69 Å². The van der Waals surface area contributed by atoms with E-state index in [-0.39, 0.29) is 26.4 Å². The molecule has 0 aromatic heterocycles. The van der Waals surface area contributed by atoms with E-state index in [4.69, 9.17) is 28.9 Å². The normalized spacial score (nSPS) is 22.2. The van der Waals surface area contributed by atoms with Gasteiger partial charge in [0, 0.05) is 11.7 Å². The van der Waals surface area contributed by atoms with Crippen LogP contribution in [0.1, 0.15) is 39.5 Å². The molecule has 0 heterocycles. The van der Waals surface area contributed by atoms with Gasteiger partial charge in [-0.3, -0.25) is 0 Å². The van der Waals surface area contributed by atoms with E-state index in [9.17, 15) is 8.42 Å². The molecule has 0 radical (unpaired) electrons. The fourth-order valence-electron chi connectivity index (χ4n) is 2.79. The molecule has 2 rings (SSSR count). The first-order valence-corrected chi connectivity index (χ1v) is 9.14. The molecule has 0 spiro atoms. The van der Waals surface area contributed by atoms with Gasteiger partial charge in [-0.05, 0) is 30.4 Å². The molecular formula is C14H20Cl2N2O2S.